The molecule has 0 saturated carbocycles. The molecule has 2 heterocycles. The number of carbonyl (C=O) groups excluding carboxylic acids is 2. The number of nitrogens with one attached hydrogen (secondary N) is 3. The van der Waals surface area contributed by atoms with E-state index in [1.165, 1.54) is 0 Å². The van der Waals surface area contributed by atoms with E-state index in [1.54, 1.807) is 74.1 Å². The maximum absolute atomic E-state index is 12.4. The van der Waals surface area contributed by atoms with Gasteiger partial charge in [0.15, 0.2) is 17.3 Å². The van der Waals surface area contributed by atoms with E-state index in [0.29, 0.717) is 40.6 Å². The number of nitrogens with zero attached hydrogens (tertiary/aromatic N) is 4. The van der Waals surface area contributed by atoms with Gasteiger partial charge < -0.3 is 29.6 Å². The lowest BCUT2D eigenvalue weighted by Gasteiger charge is -2.21. The van der Waals surface area contributed by atoms with Crippen molar-refractivity contribution in [1.29, 1.82) is 0 Å². The fourth-order valence-electron chi connectivity index (χ4n) is 4.25. The van der Waals surface area contributed by atoms with Crippen molar-refractivity contribution >= 4 is 45.8 Å². The lowest BCUT2D eigenvalue weighted by atomic mass is 10.1. The molecule has 2 amide bonds. The highest BCUT2D eigenvalue weighted by atomic mass is 16.6. The van der Waals surface area contributed by atoms with Gasteiger partial charge in [-0.1, -0.05) is 18.2 Å². The summed E-state index contributed by atoms with van der Waals surface area (Å²) in [4.78, 5) is 43.0. The molecule has 238 valence electrons. The van der Waals surface area contributed by atoms with E-state index < -0.39 is 23.4 Å². The van der Waals surface area contributed by atoms with Crippen LogP contribution < -0.4 is 25.4 Å². The lowest BCUT2D eigenvalue weighted by Crippen LogP contribution is -2.45. The first-order valence-electron chi connectivity index (χ1n) is 14.3. The summed E-state index contributed by atoms with van der Waals surface area (Å²) in [6.45, 7) is 10.9. The van der Waals surface area contributed by atoms with Gasteiger partial charge in [0.1, 0.15) is 17.0 Å². The molecule has 0 aliphatic heterocycles. The number of guanidine groups is 1. The second kappa shape index (κ2) is 13.6. The van der Waals surface area contributed by atoms with E-state index in [-0.39, 0.29) is 12.5 Å². The molecule has 13 heteroatoms. The van der Waals surface area contributed by atoms with Crippen LogP contribution in [0.1, 0.15) is 41.5 Å². The Morgan fingerprint density at radius 3 is 2.24 bits per heavy atom. The molecule has 0 unspecified atom stereocenters. The first-order chi connectivity index (χ1) is 21.3. The number of amides is 2. The summed E-state index contributed by atoms with van der Waals surface area (Å²) in [6.07, 6.45) is 0.0829. The fraction of sp³-hybridized carbons (Fsp3) is 0.375. The van der Waals surface area contributed by atoms with Crippen LogP contribution in [0.2, 0.25) is 0 Å². The Balaban J connectivity index is 1.63. The van der Waals surface area contributed by atoms with Crippen LogP contribution in [0, 0.1) is 0 Å². The number of ether oxygens (including phenoxy) is 4. The molecule has 0 radical (unpaired) electrons. The largest absolute Gasteiger partial charge is 0.493 e. The number of rotatable bonds is 7. The van der Waals surface area contributed by atoms with Gasteiger partial charge in [0.05, 0.1) is 25.3 Å². The van der Waals surface area contributed by atoms with Crippen molar-refractivity contribution in [2.75, 3.05) is 32.6 Å². The lowest BCUT2D eigenvalue weighted by molar-refractivity contribution is 0.0560. The number of carbonyl (C=O) groups is 2. The summed E-state index contributed by atoms with van der Waals surface area (Å²) in [6, 6.07) is 13.3. The maximum Gasteiger partial charge on any atom is 0.437 e. The number of anilines is 1. The van der Waals surface area contributed by atoms with Crippen LogP contribution in [0.15, 0.2) is 53.7 Å². The highest BCUT2D eigenvalue weighted by Gasteiger charge is 2.21. The predicted molar refractivity (Wildman–Crippen MR) is 173 cm³/mol. The third kappa shape index (κ3) is 8.91. The number of aliphatic imine (C=N–C) groups is 1. The zero-order chi connectivity index (χ0) is 32.8. The standard InChI is InChI=1S/C32H39N7O6/c1-31(2,3)44-29(40)38-28(39-30(41)45-32(4,5)6)35-16-15-34-26-21-17-23(42-7)24(43-8)18-22(21)36-27(37-26)20-13-9-11-19-12-10-14-33-25(19)20/h9-14,17-18H,15-16H2,1-8H3,(H,34,36,37)(H2,35,38,39,40,41). The summed E-state index contributed by atoms with van der Waals surface area (Å²) < 4.78 is 21.7. The molecule has 45 heavy (non-hydrogen) atoms. The summed E-state index contributed by atoms with van der Waals surface area (Å²) in [5.74, 6) is 1.91. The summed E-state index contributed by atoms with van der Waals surface area (Å²) in [7, 11) is 3.12. The molecule has 3 N–H and O–H groups in total. The van der Waals surface area contributed by atoms with Crippen molar-refractivity contribution in [1.82, 2.24) is 25.6 Å². The zero-order valence-electron chi connectivity index (χ0n) is 26.8. The van der Waals surface area contributed by atoms with E-state index in [2.05, 4.69) is 25.9 Å². The number of benzene rings is 2. The van der Waals surface area contributed by atoms with E-state index in [0.717, 1.165) is 16.5 Å². The molecule has 4 rings (SSSR count). The minimum absolute atomic E-state index is 0.123. The first-order valence-corrected chi connectivity index (χ1v) is 14.3. The van der Waals surface area contributed by atoms with Crippen LogP contribution in [0.5, 0.6) is 11.5 Å². The molecule has 0 aliphatic carbocycles. The van der Waals surface area contributed by atoms with Gasteiger partial charge in [0, 0.05) is 41.7 Å². The number of methoxy groups -OCH3 is 2. The van der Waals surface area contributed by atoms with Crippen LogP contribution in [-0.2, 0) is 9.47 Å². The van der Waals surface area contributed by atoms with Crippen LogP contribution in [0.25, 0.3) is 33.2 Å². The number of hydrogen-bond donors (Lipinski definition) is 3. The quantitative estimate of drug-likeness (QED) is 0.133. The molecule has 4 aromatic rings. The molecule has 13 nitrogen and oxygen atoms in total. The van der Waals surface area contributed by atoms with E-state index in [4.69, 9.17) is 28.9 Å². The van der Waals surface area contributed by atoms with Gasteiger partial charge in [-0.15, -0.1) is 4.99 Å². The van der Waals surface area contributed by atoms with Gasteiger partial charge in [0.2, 0.25) is 5.96 Å². The maximum atomic E-state index is 12.4. The van der Waals surface area contributed by atoms with Gasteiger partial charge in [-0.25, -0.2) is 19.6 Å². The molecule has 0 aliphatic rings. The average molecular weight is 618 g/mol. The average Bonchev–Trinajstić information content (AvgIpc) is 2.96. The van der Waals surface area contributed by atoms with Gasteiger partial charge in [0.25, 0.3) is 0 Å². The molecule has 0 atom stereocenters. The van der Waals surface area contributed by atoms with Gasteiger partial charge in [-0.2, -0.15) is 0 Å². The molecule has 0 spiro atoms. The monoisotopic (exact) mass is 617 g/mol. The van der Waals surface area contributed by atoms with E-state index in [1.807, 2.05) is 30.3 Å². The number of hydrogen-bond acceptors (Lipinski definition) is 10. The molecule has 2 aromatic heterocycles. The number of alkyl carbamates (subject to hydrolysis) is 1. The molecule has 0 bridgehead atoms. The molecule has 0 saturated heterocycles. The fourth-order valence-corrected chi connectivity index (χ4v) is 4.25. The number of pyridine rings is 1. The van der Waals surface area contributed by atoms with Crippen molar-refractivity contribution in [2.45, 2.75) is 52.7 Å². The third-order valence-corrected chi connectivity index (χ3v) is 6.00. The molecule has 2 aromatic carbocycles. The molecular formula is C32H39N7O6. The second-order valence-electron chi connectivity index (χ2n) is 11.9. The minimum atomic E-state index is -0.870. The highest BCUT2D eigenvalue weighted by molar-refractivity contribution is 5.99. The Kier molecular flexibility index (Phi) is 9.90. The van der Waals surface area contributed by atoms with Crippen LogP contribution in [0.3, 0.4) is 0 Å². The van der Waals surface area contributed by atoms with Crippen LogP contribution in [-0.4, -0.2) is 71.6 Å². The van der Waals surface area contributed by atoms with Crippen molar-refractivity contribution < 1.29 is 28.5 Å². The van der Waals surface area contributed by atoms with Crippen LogP contribution >= 0.6 is 0 Å². The Bertz CT molecular complexity index is 1720. The number of aromatic nitrogens is 3. The predicted octanol–water partition coefficient (Wildman–Crippen LogP) is 5.68. The third-order valence-electron chi connectivity index (χ3n) is 6.00. The zero-order valence-corrected chi connectivity index (χ0v) is 26.8. The minimum Gasteiger partial charge on any atom is -0.493 e. The Hall–Kier alpha value is -5.20. The van der Waals surface area contributed by atoms with E-state index in [9.17, 15) is 9.59 Å². The Morgan fingerprint density at radius 1 is 0.867 bits per heavy atom. The highest BCUT2D eigenvalue weighted by Crippen LogP contribution is 2.36. The number of para-hydroxylation sites is 1. The molecular weight excluding hydrogens is 578 g/mol. The van der Waals surface area contributed by atoms with Gasteiger partial charge in [-0.3, -0.25) is 10.3 Å². The summed E-state index contributed by atoms with van der Waals surface area (Å²) in [5, 5.41) is 10.4. The summed E-state index contributed by atoms with van der Waals surface area (Å²) in [5.41, 5.74) is 0.634. The van der Waals surface area contributed by atoms with Gasteiger partial charge >= 0.3 is 12.2 Å². The van der Waals surface area contributed by atoms with Crippen molar-refractivity contribution in [3.05, 3.63) is 48.7 Å². The van der Waals surface area contributed by atoms with Crippen molar-refractivity contribution in [3.63, 3.8) is 0 Å². The SMILES string of the molecule is COc1cc2nc(-c3cccc4cccnc34)nc(NCCN/C(=N/C(=O)OC(C)(C)C)NC(=O)OC(C)(C)C)c2cc1OC. The summed E-state index contributed by atoms with van der Waals surface area (Å²) >= 11 is 0. The second-order valence-corrected chi connectivity index (χ2v) is 11.9. The van der Waals surface area contributed by atoms with Crippen molar-refractivity contribution in [3.8, 4) is 22.9 Å². The normalized spacial score (nSPS) is 12.0. The first kappa shape index (κ1) is 32.7. The van der Waals surface area contributed by atoms with Crippen LogP contribution in [0.4, 0.5) is 15.4 Å². The van der Waals surface area contributed by atoms with Crippen molar-refractivity contribution in [2.24, 2.45) is 4.99 Å². The Labute approximate surface area is 261 Å². The van der Waals surface area contributed by atoms with E-state index >= 15 is 0 Å². The number of fused-ring (bicyclic) bond motifs is 2. The molecule has 0 fully saturated rings. The van der Waals surface area contributed by atoms with Gasteiger partial charge in [-0.05, 0) is 59.7 Å². The topological polar surface area (TPSA) is 158 Å². The Morgan fingerprint density at radius 2 is 1.56 bits per heavy atom. The smallest absolute Gasteiger partial charge is 0.437 e.